The number of alkyl carbamates (subject to hydrolysis) is 1. The second kappa shape index (κ2) is 18.9. The van der Waals surface area contributed by atoms with Gasteiger partial charge in [0.05, 0.1) is 32.8 Å². The SMILES string of the molecule is CC(C)[C@@H](CC(=O)OCCOCCOCCNC(=O)/C(C#N)=C/c1ccc2cc(N3CCCCC3)ccc2c1)NC(=O)OC(C)(C)C. The van der Waals surface area contributed by atoms with Crippen molar-refractivity contribution in [3.8, 4) is 6.07 Å². The molecule has 1 aliphatic heterocycles. The molecule has 1 atom stereocenters. The molecule has 256 valence electrons. The molecule has 0 unspecified atom stereocenters. The normalized spacial score (nSPS) is 14.4. The molecular formula is C36H50N4O7. The van der Waals surface area contributed by atoms with Gasteiger partial charge in [0, 0.05) is 31.4 Å². The third-order valence-corrected chi connectivity index (χ3v) is 7.53. The summed E-state index contributed by atoms with van der Waals surface area (Å²) in [4.78, 5) is 39.3. The summed E-state index contributed by atoms with van der Waals surface area (Å²) in [7, 11) is 0. The molecule has 0 aromatic heterocycles. The van der Waals surface area contributed by atoms with E-state index >= 15 is 0 Å². The predicted octanol–water partition coefficient (Wildman–Crippen LogP) is 5.37. The molecule has 0 saturated carbocycles. The van der Waals surface area contributed by atoms with Crippen molar-refractivity contribution in [2.24, 2.45) is 5.92 Å². The number of hydrogen-bond donors (Lipinski definition) is 2. The average Bonchev–Trinajstić information content (AvgIpc) is 3.03. The summed E-state index contributed by atoms with van der Waals surface area (Å²) in [5, 5.41) is 17.2. The van der Waals surface area contributed by atoms with E-state index in [1.54, 1.807) is 26.8 Å². The lowest BCUT2D eigenvalue weighted by atomic mass is 10.0. The summed E-state index contributed by atoms with van der Waals surface area (Å²) >= 11 is 0. The van der Waals surface area contributed by atoms with E-state index in [2.05, 4.69) is 33.7 Å². The lowest BCUT2D eigenvalue weighted by molar-refractivity contribution is -0.146. The molecule has 2 aromatic rings. The van der Waals surface area contributed by atoms with Crippen LogP contribution in [0.4, 0.5) is 10.5 Å². The number of rotatable bonds is 16. The lowest BCUT2D eigenvalue weighted by Crippen LogP contribution is -2.43. The molecule has 0 aliphatic carbocycles. The first-order valence-electron chi connectivity index (χ1n) is 16.4. The number of carbonyl (C=O) groups is 3. The number of fused-ring (bicyclic) bond motifs is 1. The molecule has 47 heavy (non-hydrogen) atoms. The van der Waals surface area contributed by atoms with Gasteiger partial charge in [0.25, 0.3) is 5.91 Å². The minimum absolute atomic E-state index is 0.0125. The smallest absolute Gasteiger partial charge is 0.407 e. The largest absolute Gasteiger partial charge is 0.463 e. The van der Waals surface area contributed by atoms with Gasteiger partial charge in [-0.2, -0.15) is 5.26 Å². The van der Waals surface area contributed by atoms with Gasteiger partial charge in [-0.25, -0.2) is 4.79 Å². The molecule has 2 amide bonds. The molecule has 2 aromatic carbocycles. The van der Waals surface area contributed by atoms with E-state index in [1.807, 2.05) is 38.1 Å². The third-order valence-electron chi connectivity index (χ3n) is 7.53. The number of nitrogens with zero attached hydrogens (tertiary/aromatic N) is 2. The molecule has 0 radical (unpaired) electrons. The second-order valence-electron chi connectivity index (χ2n) is 12.9. The number of hydrogen-bond acceptors (Lipinski definition) is 9. The highest BCUT2D eigenvalue weighted by Gasteiger charge is 2.24. The van der Waals surface area contributed by atoms with Crippen LogP contribution in [0.2, 0.25) is 0 Å². The zero-order valence-corrected chi connectivity index (χ0v) is 28.4. The van der Waals surface area contributed by atoms with Gasteiger partial charge < -0.3 is 34.5 Å². The first kappa shape index (κ1) is 37.3. The average molecular weight is 651 g/mol. The topological polar surface area (TPSA) is 139 Å². The Morgan fingerprint density at radius 3 is 2.28 bits per heavy atom. The van der Waals surface area contributed by atoms with Crippen LogP contribution in [0.5, 0.6) is 0 Å². The van der Waals surface area contributed by atoms with Crippen LogP contribution in [-0.4, -0.2) is 82.3 Å². The van der Waals surface area contributed by atoms with E-state index in [4.69, 9.17) is 18.9 Å². The molecule has 1 saturated heterocycles. The molecule has 0 spiro atoms. The summed E-state index contributed by atoms with van der Waals surface area (Å²) in [5.74, 6) is -0.891. The zero-order chi connectivity index (χ0) is 34.2. The highest BCUT2D eigenvalue weighted by Crippen LogP contribution is 2.26. The van der Waals surface area contributed by atoms with Crippen LogP contribution < -0.4 is 15.5 Å². The van der Waals surface area contributed by atoms with Crippen LogP contribution in [0, 0.1) is 17.2 Å². The summed E-state index contributed by atoms with van der Waals surface area (Å²) in [6.07, 6.45) is 4.78. The maximum Gasteiger partial charge on any atom is 0.407 e. The van der Waals surface area contributed by atoms with Gasteiger partial charge in [-0.15, -0.1) is 0 Å². The van der Waals surface area contributed by atoms with Crippen LogP contribution >= 0.6 is 0 Å². The van der Waals surface area contributed by atoms with Gasteiger partial charge in [-0.3, -0.25) is 9.59 Å². The molecule has 1 fully saturated rings. The van der Waals surface area contributed by atoms with Gasteiger partial charge in [-0.1, -0.05) is 32.0 Å². The fourth-order valence-electron chi connectivity index (χ4n) is 5.02. The number of nitriles is 1. The Kier molecular flexibility index (Phi) is 15.0. The molecular weight excluding hydrogens is 600 g/mol. The Hall–Kier alpha value is -4.14. The highest BCUT2D eigenvalue weighted by molar-refractivity contribution is 6.02. The van der Waals surface area contributed by atoms with Crippen LogP contribution in [0.3, 0.4) is 0 Å². The number of piperidine rings is 1. The molecule has 2 N–H and O–H groups in total. The van der Waals surface area contributed by atoms with E-state index in [0.29, 0.717) is 0 Å². The van der Waals surface area contributed by atoms with E-state index < -0.39 is 29.6 Å². The van der Waals surface area contributed by atoms with Crippen molar-refractivity contribution in [3.05, 3.63) is 47.5 Å². The maximum absolute atomic E-state index is 12.6. The number of esters is 1. The number of carbonyl (C=O) groups excluding carboxylic acids is 3. The number of nitrogens with one attached hydrogen (secondary N) is 2. The first-order chi connectivity index (χ1) is 22.4. The Bertz CT molecular complexity index is 1400. The van der Waals surface area contributed by atoms with Crippen molar-refractivity contribution in [2.75, 3.05) is 57.6 Å². The fourth-order valence-corrected chi connectivity index (χ4v) is 5.02. The van der Waals surface area contributed by atoms with Gasteiger partial charge in [0.2, 0.25) is 0 Å². The van der Waals surface area contributed by atoms with Crippen molar-refractivity contribution in [1.29, 1.82) is 5.26 Å². The van der Waals surface area contributed by atoms with E-state index in [9.17, 15) is 19.6 Å². The van der Waals surface area contributed by atoms with Gasteiger partial charge in [-0.05, 0) is 86.6 Å². The van der Waals surface area contributed by atoms with Gasteiger partial charge >= 0.3 is 12.1 Å². The van der Waals surface area contributed by atoms with Crippen molar-refractivity contribution >= 4 is 40.5 Å². The van der Waals surface area contributed by atoms with Crippen LogP contribution in [0.1, 0.15) is 65.9 Å². The highest BCUT2D eigenvalue weighted by atomic mass is 16.6. The second-order valence-corrected chi connectivity index (χ2v) is 12.9. The number of benzene rings is 2. The zero-order valence-electron chi connectivity index (χ0n) is 28.4. The summed E-state index contributed by atoms with van der Waals surface area (Å²) < 4.78 is 21.4. The molecule has 1 aliphatic rings. The quantitative estimate of drug-likeness (QED) is 0.106. The Balaban J connectivity index is 1.29. The van der Waals surface area contributed by atoms with Crippen molar-refractivity contribution in [2.45, 2.75) is 71.9 Å². The van der Waals surface area contributed by atoms with Gasteiger partial charge in [0.15, 0.2) is 0 Å². The number of anilines is 1. The minimum Gasteiger partial charge on any atom is -0.463 e. The number of amides is 2. The van der Waals surface area contributed by atoms with E-state index in [-0.39, 0.29) is 57.5 Å². The van der Waals surface area contributed by atoms with E-state index in [0.717, 1.165) is 29.4 Å². The Morgan fingerprint density at radius 2 is 1.60 bits per heavy atom. The molecule has 11 nitrogen and oxygen atoms in total. The monoisotopic (exact) mass is 650 g/mol. The third kappa shape index (κ3) is 13.6. The maximum atomic E-state index is 12.6. The van der Waals surface area contributed by atoms with Crippen molar-refractivity contribution < 1.29 is 33.3 Å². The lowest BCUT2D eigenvalue weighted by Gasteiger charge is -2.29. The number of ether oxygens (including phenoxy) is 4. The van der Waals surface area contributed by atoms with Crippen molar-refractivity contribution in [1.82, 2.24) is 10.6 Å². The fraction of sp³-hybridized carbons (Fsp3) is 0.556. The molecule has 3 rings (SSSR count). The summed E-state index contributed by atoms with van der Waals surface area (Å²) in [6.45, 7) is 12.6. The Morgan fingerprint density at radius 1 is 0.936 bits per heavy atom. The standard InChI is InChI=1S/C36H50N4O7/c1-26(2)32(39-35(43)47-36(3,4)5)24-33(41)46-20-19-45-18-17-44-16-13-38-34(42)30(25-37)22-27-9-10-29-23-31(12-11-28(29)21-27)40-14-7-6-8-15-40/h9-12,21-23,26,32H,6-8,13-20,24H2,1-5H3,(H,38,42)(H,39,43)/b30-22+/t32-/m1/s1. The molecule has 0 bridgehead atoms. The summed E-state index contributed by atoms with van der Waals surface area (Å²) in [5.41, 5.74) is 1.41. The summed E-state index contributed by atoms with van der Waals surface area (Å²) in [6, 6.07) is 13.9. The van der Waals surface area contributed by atoms with Gasteiger partial charge in [0.1, 0.15) is 23.9 Å². The van der Waals surface area contributed by atoms with Crippen LogP contribution in [-0.2, 0) is 28.5 Å². The predicted molar refractivity (Wildman–Crippen MR) is 182 cm³/mol. The van der Waals surface area contributed by atoms with Crippen LogP contribution in [0.25, 0.3) is 16.8 Å². The van der Waals surface area contributed by atoms with Crippen molar-refractivity contribution in [3.63, 3.8) is 0 Å². The molecule has 11 heteroatoms. The minimum atomic E-state index is -0.629. The molecule has 1 heterocycles. The first-order valence-corrected chi connectivity index (χ1v) is 16.4. The van der Waals surface area contributed by atoms with Crippen LogP contribution in [0.15, 0.2) is 42.0 Å². The van der Waals surface area contributed by atoms with E-state index in [1.165, 1.54) is 24.9 Å². The Labute approximate surface area is 278 Å².